The zero-order chi connectivity index (χ0) is 10.7. The standard InChI is InChI=1S/C9H11BrFNO2/c1-14-9-3-7(11)5(2-6(9)10)8(13)4-12/h2-3,8,13H,4,12H2,1H3. The van der Waals surface area contributed by atoms with Crippen LogP contribution in [0.2, 0.25) is 0 Å². The number of benzene rings is 1. The lowest BCUT2D eigenvalue weighted by atomic mass is 10.1. The second-order valence-corrected chi connectivity index (χ2v) is 3.61. The van der Waals surface area contributed by atoms with Gasteiger partial charge in [0.15, 0.2) is 0 Å². The Bertz CT molecular complexity index is 333. The van der Waals surface area contributed by atoms with Crippen LogP contribution in [0.5, 0.6) is 5.75 Å². The molecule has 3 nitrogen and oxygen atoms in total. The molecule has 0 heterocycles. The molecule has 3 N–H and O–H groups in total. The molecule has 0 bridgehead atoms. The van der Waals surface area contributed by atoms with Crippen LogP contribution in [0.15, 0.2) is 16.6 Å². The van der Waals surface area contributed by atoms with Gasteiger partial charge in [0.05, 0.1) is 17.7 Å². The second-order valence-electron chi connectivity index (χ2n) is 2.76. The Balaban J connectivity index is 3.14. The van der Waals surface area contributed by atoms with Gasteiger partial charge in [-0.1, -0.05) is 0 Å². The van der Waals surface area contributed by atoms with Crippen LogP contribution in [-0.2, 0) is 0 Å². The molecule has 0 saturated carbocycles. The predicted octanol–water partition coefficient (Wildman–Crippen LogP) is 1.59. The van der Waals surface area contributed by atoms with Crippen molar-refractivity contribution < 1.29 is 14.2 Å². The molecule has 1 aromatic carbocycles. The highest BCUT2D eigenvalue weighted by atomic mass is 79.9. The fourth-order valence-corrected chi connectivity index (χ4v) is 1.61. The van der Waals surface area contributed by atoms with Crippen molar-refractivity contribution in [2.75, 3.05) is 13.7 Å². The molecule has 0 aliphatic carbocycles. The van der Waals surface area contributed by atoms with E-state index in [0.717, 1.165) is 0 Å². The summed E-state index contributed by atoms with van der Waals surface area (Å²) in [5.74, 6) is -0.140. The highest BCUT2D eigenvalue weighted by molar-refractivity contribution is 9.10. The van der Waals surface area contributed by atoms with Gasteiger partial charge in [-0.2, -0.15) is 0 Å². The number of hydrogen-bond acceptors (Lipinski definition) is 3. The van der Waals surface area contributed by atoms with Gasteiger partial charge >= 0.3 is 0 Å². The Labute approximate surface area is 89.8 Å². The SMILES string of the molecule is COc1cc(F)c(C(O)CN)cc1Br. The lowest BCUT2D eigenvalue weighted by Crippen LogP contribution is -2.13. The first-order chi connectivity index (χ1) is 6.60. The molecule has 0 radical (unpaired) electrons. The summed E-state index contributed by atoms with van der Waals surface area (Å²) in [5, 5.41) is 9.37. The molecule has 14 heavy (non-hydrogen) atoms. The summed E-state index contributed by atoms with van der Waals surface area (Å²) in [6, 6.07) is 2.67. The largest absolute Gasteiger partial charge is 0.495 e. The molecule has 78 valence electrons. The van der Waals surface area contributed by atoms with Gasteiger partial charge in [-0.15, -0.1) is 0 Å². The Morgan fingerprint density at radius 2 is 2.29 bits per heavy atom. The third-order valence-electron chi connectivity index (χ3n) is 1.85. The quantitative estimate of drug-likeness (QED) is 0.871. The molecule has 0 amide bonds. The number of halogens is 2. The van der Waals surface area contributed by atoms with E-state index in [4.69, 9.17) is 10.5 Å². The van der Waals surface area contributed by atoms with Crippen LogP contribution >= 0.6 is 15.9 Å². The number of aliphatic hydroxyl groups is 1. The number of hydrogen-bond donors (Lipinski definition) is 2. The fraction of sp³-hybridized carbons (Fsp3) is 0.333. The summed E-state index contributed by atoms with van der Waals surface area (Å²) in [6.07, 6.45) is -0.989. The summed E-state index contributed by atoms with van der Waals surface area (Å²) in [5.41, 5.74) is 5.40. The van der Waals surface area contributed by atoms with Gasteiger partial charge in [-0.3, -0.25) is 0 Å². The molecule has 0 aliphatic heterocycles. The second kappa shape index (κ2) is 4.72. The van der Waals surface area contributed by atoms with Crippen LogP contribution in [-0.4, -0.2) is 18.8 Å². The maximum Gasteiger partial charge on any atom is 0.135 e. The third-order valence-corrected chi connectivity index (χ3v) is 2.47. The van der Waals surface area contributed by atoms with Crippen LogP contribution in [0.25, 0.3) is 0 Å². The van der Waals surface area contributed by atoms with Crippen LogP contribution in [0.3, 0.4) is 0 Å². The van der Waals surface area contributed by atoms with E-state index in [1.807, 2.05) is 0 Å². The van der Waals surface area contributed by atoms with Crippen molar-refractivity contribution in [1.29, 1.82) is 0 Å². The van der Waals surface area contributed by atoms with Crippen LogP contribution in [0.4, 0.5) is 4.39 Å². The van der Waals surface area contributed by atoms with Crippen molar-refractivity contribution in [3.8, 4) is 5.75 Å². The van der Waals surface area contributed by atoms with Crippen LogP contribution in [0.1, 0.15) is 11.7 Å². The summed E-state index contributed by atoms with van der Waals surface area (Å²) in [6.45, 7) is -0.0182. The molecule has 1 aromatic rings. The monoisotopic (exact) mass is 263 g/mol. The minimum absolute atomic E-state index is 0.0182. The van der Waals surface area contributed by atoms with Crippen molar-refractivity contribution >= 4 is 15.9 Å². The lowest BCUT2D eigenvalue weighted by Gasteiger charge is -2.11. The molecule has 0 fully saturated rings. The zero-order valence-corrected chi connectivity index (χ0v) is 9.21. The average Bonchev–Trinajstić information content (AvgIpc) is 2.19. The first kappa shape index (κ1) is 11.4. The van der Waals surface area contributed by atoms with Crippen molar-refractivity contribution in [3.05, 3.63) is 28.0 Å². The first-order valence-electron chi connectivity index (χ1n) is 4.01. The molecule has 1 rings (SSSR count). The molecule has 0 aliphatic rings. The van der Waals surface area contributed by atoms with E-state index in [9.17, 15) is 9.50 Å². The van der Waals surface area contributed by atoms with Gasteiger partial charge in [-0.25, -0.2) is 4.39 Å². The molecule has 1 unspecified atom stereocenters. The number of nitrogens with two attached hydrogens (primary N) is 1. The van der Waals surface area contributed by atoms with Crippen molar-refractivity contribution in [2.24, 2.45) is 5.73 Å². The van der Waals surface area contributed by atoms with E-state index in [2.05, 4.69) is 15.9 Å². The molecule has 0 aromatic heterocycles. The first-order valence-corrected chi connectivity index (χ1v) is 4.80. The Morgan fingerprint density at radius 1 is 1.64 bits per heavy atom. The van der Waals surface area contributed by atoms with Gasteiger partial charge in [0, 0.05) is 18.2 Å². The van der Waals surface area contributed by atoms with Gasteiger partial charge < -0.3 is 15.6 Å². The van der Waals surface area contributed by atoms with E-state index in [0.29, 0.717) is 10.2 Å². The molecule has 0 spiro atoms. The Kier molecular flexibility index (Phi) is 3.86. The predicted molar refractivity (Wildman–Crippen MR) is 54.7 cm³/mol. The fourth-order valence-electron chi connectivity index (χ4n) is 1.08. The van der Waals surface area contributed by atoms with Crippen molar-refractivity contribution in [3.63, 3.8) is 0 Å². The van der Waals surface area contributed by atoms with Crippen LogP contribution in [0, 0.1) is 5.82 Å². The van der Waals surface area contributed by atoms with Crippen LogP contribution < -0.4 is 10.5 Å². The molecule has 1 atom stereocenters. The minimum atomic E-state index is -0.989. The van der Waals surface area contributed by atoms with Gasteiger partial charge in [-0.05, 0) is 22.0 Å². The summed E-state index contributed by atoms with van der Waals surface area (Å²) in [4.78, 5) is 0. The number of ether oxygens (including phenoxy) is 1. The topological polar surface area (TPSA) is 55.5 Å². The maximum atomic E-state index is 13.3. The zero-order valence-electron chi connectivity index (χ0n) is 7.63. The third kappa shape index (κ3) is 2.23. The van der Waals surface area contributed by atoms with Crippen molar-refractivity contribution in [1.82, 2.24) is 0 Å². The number of aliphatic hydroxyl groups excluding tert-OH is 1. The molecular formula is C9H11BrFNO2. The average molecular weight is 264 g/mol. The number of rotatable bonds is 3. The van der Waals surface area contributed by atoms with Gasteiger partial charge in [0.25, 0.3) is 0 Å². The normalized spacial score (nSPS) is 12.6. The lowest BCUT2D eigenvalue weighted by molar-refractivity contribution is 0.181. The van der Waals surface area contributed by atoms with E-state index in [1.54, 1.807) is 0 Å². The van der Waals surface area contributed by atoms with E-state index in [-0.39, 0.29) is 12.1 Å². The number of methoxy groups -OCH3 is 1. The summed E-state index contributed by atoms with van der Waals surface area (Å²) < 4.78 is 18.8. The van der Waals surface area contributed by atoms with Crippen molar-refractivity contribution in [2.45, 2.75) is 6.10 Å². The maximum absolute atomic E-state index is 13.3. The van der Waals surface area contributed by atoms with E-state index in [1.165, 1.54) is 19.2 Å². The Morgan fingerprint density at radius 3 is 2.79 bits per heavy atom. The van der Waals surface area contributed by atoms with E-state index < -0.39 is 11.9 Å². The minimum Gasteiger partial charge on any atom is -0.495 e. The van der Waals surface area contributed by atoms with Gasteiger partial charge in [0.2, 0.25) is 0 Å². The van der Waals surface area contributed by atoms with E-state index >= 15 is 0 Å². The smallest absolute Gasteiger partial charge is 0.135 e. The Hall–Kier alpha value is -0.650. The highest BCUT2D eigenvalue weighted by Crippen LogP contribution is 2.30. The van der Waals surface area contributed by atoms with Gasteiger partial charge in [0.1, 0.15) is 11.6 Å². The summed E-state index contributed by atoms with van der Waals surface area (Å²) >= 11 is 3.20. The highest BCUT2D eigenvalue weighted by Gasteiger charge is 2.14. The molecule has 5 heteroatoms. The molecular weight excluding hydrogens is 253 g/mol. The summed E-state index contributed by atoms with van der Waals surface area (Å²) in [7, 11) is 1.44. The molecule has 0 saturated heterocycles.